The smallest absolute Gasteiger partial charge is 0.309 e. The second-order valence-electron chi connectivity index (χ2n) is 5.13. The average Bonchev–Trinajstić information content (AvgIpc) is 2.55. The van der Waals surface area contributed by atoms with Gasteiger partial charge >= 0.3 is 5.97 Å². The number of esters is 1. The molecule has 0 saturated heterocycles. The van der Waals surface area contributed by atoms with Gasteiger partial charge in [0.15, 0.2) is 6.61 Å². The van der Waals surface area contributed by atoms with Crippen molar-refractivity contribution in [3.63, 3.8) is 0 Å². The number of carbonyl (C=O) groups is 2. The zero-order valence-corrected chi connectivity index (χ0v) is 14.8. The Morgan fingerprint density at radius 3 is 2.58 bits per heavy atom. The van der Waals surface area contributed by atoms with E-state index in [-0.39, 0.29) is 25.5 Å². The van der Waals surface area contributed by atoms with Crippen LogP contribution in [0.4, 0.5) is 5.69 Å². The van der Waals surface area contributed by atoms with E-state index in [0.29, 0.717) is 11.4 Å². The van der Waals surface area contributed by atoms with Gasteiger partial charge in [0, 0.05) is 10.2 Å². The van der Waals surface area contributed by atoms with Gasteiger partial charge in [-0.3, -0.25) is 9.59 Å². The summed E-state index contributed by atoms with van der Waals surface area (Å²) >= 11 is 3.31. The Morgan fingerprint density at radius 1 is 1.12 bits per heavy atom. The molecule has 0 aliphatic carbocycles. The molecule has 0 heterocycles. The van der Waals surface area contributed by atoms with E-state index in [0.717, 1.165) is 10.0 Å². The van der Waals surface area contributed by atoms with E-state index in [1.54, 1.807) is 12.1 Å². The second kappa shape index (κ2) is 9.08. The molecule has 0 saturated carbocycles. The SMILES string of the molecule is Cc1cccc(OCCC(=O)OCC(=O)Nc2ccc(Br)cc2)c1. The number of anilines is 1. The van der Waals surface area contributed by atoms with Gasteiger partial charge in [-0.1, -0.05) is 28.1 Å². The molecule has 0 fully saturated rings. The van der Waals surface area contributed by atoms with Crippen molar-refractivity contribution in [3.8, 4) is 5.75 Å². The standard InChI is InChI=1S/C18H18BrNO4/c1-13-3-2-4-16(11-13)23-10-9-18(22)24-12-17(21)20-15-7-5-14(19)6-8-15/h2-8,11H,9-10,12H2,1H3,(H,20,21). The van der Waals surface area contributed by atoms with Crippen molar-refractivity contribution in [1.82, 2.24) is 0 Å². The number of aryl methyl sites for hydroxylation is 1. The van der Waals surface area contributed by atoms with Crippen LogP contribution in [0.2, 0.25) is 0 Å². The lowest BCUT2D eigenvalue weighted by Crippen LogP contribution is -2.21. The fourth-order valence-corrected chi connectivity index (χ4v) is 2.17. The van der Waals surface area contributed by atoms with Crippen LogP contribution in [0.3, 0.4) is 0 Å². The summed E-state index contributed by atoms with van der Waals surface area (Å²) in [6, 6.07) is 14.7. The third kappa shape index (κ3) is 6.42. The molecule has 1 amide bonds. The normalized spacial score (nSPS) is 10.1. The fourth-order valence-electron chi connectivity index (χ4n) is 1.91. The van der Waals surface area contributed by atoms with Crippen LogP contribution in [0.5, 0.6) is 5.75 Å². The van der Waals surface area contributed by atoms with E-state index in [2.05, 4.69) is 21.2 Å². The van der Waals surface area contributed by atoms with E-state index < -0.39 is 5.97 Å². The number of carbonyl (C=O) groups excluding carboxylic acids is 2. The molecule has 0 radical (unpaired) electrons. The average molecular weight is 392 g/mol. The van der Waals surface area contributed by atoms with Crippen LogP contribution in [0.1, 0.15) is 12.0 Å². The first-order valence-corrected chi connectivity index (χ1v) is 8.23. The van der Waals surface area contributed by atoms with Crippen molar-refractivity contribution in [1.29, 1.82) is 0 Å². The van der Waals surface area contributed by atoms with Gasteiger partial charge in [0.25, 0.3) is 5.91 Å². The lowest BCUT2D eigenvalue weighted by molar-refractivity contribution is -0.147. The molecule has 5 nitrogen and oxygen atoms in total. The highest BCUT2D eigenvalue weighted by Crippen LogP contribution is 2.14. The largest absolute Gasteiger partial charge is 0.493 e. The molecule has 0 aromatic heterocycles. The maximum atomic E-state index is 11.7. The molecule has 2 aromatic rings. The first-order valence-electron chi connectivity index (χ1n) is 7.43. The number of benzene rings is 2. The van der Waals surface area contributed by atoms with Crippen molar-refractivity contribution >= 4 is 33.5 Å². The molecule has 0 aliphatic heterocycles. The topological polar surface area (TPSA) is 64.6 Å². The minimum atomic E-state index is -0.478. The zero-order valence-electron chi connectivity index (χ0n) is 13.3. The third-order valence-corrected chi connectivity index (χ3v) is 3.59. The minimum absolute atomic E-state index is 0.0828. The van der Waals surface area contributed by atoms with E-state index in [1.165, 1.54) is 0 Å². The van der Waals surface area contributed by atoms with E-state index in [1.807, 2.05) is 43.3 Å². The Bertz CT molecular complexity index is 700. The van der Waals surface area contributed by atoms with Crippen LogP contribution < -0.4 is 10.1 Å². The summed E-state index contributed by atoms with van der Waals surface area (Å²) in [5.41, 5.74) is 1.72. The van der Waals surface area contributed by atoms with E-state index in [4.69, 9.17) is 9.47 Å². The van der Waals surface area contributed by atoms with Crippen molar-refractivity contribution in [2.45, 2.75) is 13.3 Å². The monoisotopic (exact) mass is 391 g/mol. The molecule has 0 aliphatic rings. The summed E-state index contributed by atoms with van der Waals surface area (Å²) in [7, 11) is 0. The molecule has 24 heavy (non-hydrogen) atoms. The Kier molecular flexibility index (Phi) is 6.81. The fraction of sp³-hybridized carbons (Fsp3) is 0.222. The summed E-state index contributed by atoms with van der Waals surface area (Å²) in [5, 5.41) is 2.64. The van der Waals surface area contributed by atoms with E-state index >= 15 is 0 Å². The summed E-state index contributed by atoms with van der Waals surface area (Å²) in [4.78, 5) is 23.3. The van der Waals surface area contributed by atoms with Gasteiger partial charge in [0.2, 0.25) is 0 Å². The Hall–Kier alpha value is -2.34. The predicted molar refractivity (Wildman–Crippen MR) is 95.0 cm³/mol. The molecule has 1 N–H and O–H groups in total. The summed E-state index contributed by atoms with van der Waals surface area (Å²) < 4.78 is 11.3. The number of amides is 1. The molecular weight excluding hydrogens is 374 g/mol. The van der Waals surface area contributed by atoms with Crippen LogP contribution in [0.15, 0.2) is 53.0 Å². The Balaban J connectivity index is 1.65. The molecule has 2 rings (SSSR count). The highest BCUT2D eigenvalue weighted by Gasteiger charge is 2.08. The number of ether oxygens (including phenoxy) is 2. The van der Waals surface area contributed by atoms with Crippen LogP contribution in [-0.4, -0.2) is 25.1 Å². The molecule has 0 spiro atoms. The number of hydrogen-bond donors (Lipinski definition) is 1. The number of rotatable bonds is 7. The van der Waals surface area contributed by atoms with Gasteiger partial charge in [-0.05, 0) is 48.9 Å². The van der Waals surface area contributed by atoms with Gasteiger partial charge in [-0.2, -0.15) is 0 Å². The molecular formula is C18H18BrNO4. The van der Waals surface area contributed by atoms with Gasteiger partial charge in [-0.25, -0.2) is 0 Å². The maximum absolute atomic E-state index is 11.7. The van der Waals surface area contributed by atoms with Crippen molar-refractivity contribution in [3.05, 3.63) is 58.6 Å². The highest BCUT2D eigenvalue weighted by molar-refractivity contribution is 9.10. The Labute approximate surface area is 149 Å². The molecule has 0 bridgehead atoms. The van der Waals surface area contributed by atoms with Crippen LogP contribution >= 0.6 is 15.9 Å². The summed E-state index contributed by atoms with van der Waals surface area (Å²) in [5.74, 6) is -0.158. The van der Waals surface area contributed by atoms with Crippen molar-refractivity contribution < 1.29 is 19.1 Å². The molecule has 0 unspecified atom stereocenters. The van der Waals surface area contributed by atoms with Gasteiger partial charge in [0.1, 0.15) is 5.75 Å². The van der Waals surface area contributed by atoms with Crippen LogP contribution in [-0.2, 0) is 14.3 Å². The molecule has 2 aromatic carbocycles. The lowest BCUT2D eigenvalue weighted by atomic mass is 10.2. The highest BCUT2D eigenvalue weighted by atomic mass is 79.9. The predicted octanol–water partition coefficient (Wildman–Crippen LogP) is 3.71. The third-order valence-electron chi connectivity index (χ3n) is 3.06. The lowest BCUT2D eigenvalue weighted by Gasteiger charge is -2.08. The minimum Gasteiger partial charge on any atom is -0.493 e. The number of halogens is 1. The van der Waals surface area contributed by atoms with E-state index in [9.17, 15) is 9.59 Å². The first kappa shape index (κ1) is 18.0. The van der Waals surface area contributed by atoms with Gasteiger partial charge in [0.05, 0.1) is 13.0 Å². The van der Waals surface area contributed by atoms with Crippen molar-refractivity contribution in [2.24, 2.45) is 0 Å². The van der Waals surface area contributed by atoms with Crippen molar-refractivity contribution in [2.75, 3.05) is 18.5 Å². The first-order chi connectivity index (χ1) is 11.5. The second-order valence-corrected chi connectivity index (χ2v) is 6.05. The number of hydrogen-bond acceptors (Lipinski definition) is 4. The molecule has 6 heteroatoms. The van der Waals surface area contributed by atoms with Gasteiger partial charge < -0.3 is 14.8 Å². The summed E-state index contributed by atoms with van der Waals surface area (Å²) in [6.07, 6.45) is 0.0828. The Morgan fingerprint density at radius 2 is 1.88 bits per heavy atom. The maximum Gasteiger partial charge on any atom is 0.309 e. The quantitative estimate of drug-likeness (QED) is 0.730. The molecule has 0 atom stereocenters. The molecule has 126 valence electrons. The van der Waals surface area contributed by atoms with Crippen LogP contribution in [0, 0.1) is 6.92 Å². The van der Waals surface area contributed by atoms with Gasteiger partial charge in [-0.15, -0.1) is 0 Å². The number of nitrogens with one attached hydrogen (secondary N) is 1. The summed E-state index contributed by atoms with van der Waals surface area (Å²) in [6.45, 7) is 1.85. The van der Waals surface area contributed by atoms with Crippen LogP contribution in [0.25, 0.3) is 0 Å². The zero-order chi connectivity index (χ0) is 17.4.